The molecule has 0 radical (unpaired) electrons. The highest BCUT2D eigenvalue weighted by atomic mass is 19.3. The van der Waals surface area contributed by atoms with E-state index in [1.54, 1.807) is 0 Å². The number of rotatable bonds is 4. The summed E-state index contributed by atoms with van der Waals surface area (Å²) in [5, 5.41) is 27.0. The minimum Gasteiger partial charge on any atom is -0.394 e. The molecule has 0 amide bonds. The lowest BCUT2D eigenvalue weighted by atomic mass is 9.40. The highest BCUT2D eigenvalue weighted by Crippen LogP contribution is 2.85. The van der Waals surface area contributed by atoms with E-state index in [1.807, 2.05) is 0 Å². The number of ether oxygens (including phenoxy) is 1. The monoisotopic (exact) mass is 476 g/mol. The third kappa shape index (κ3) is 1.53. The molecule has 4 fully saturated rings. The van der Waals surface area contributed by atoms with E-state index in [9.17, 15) is 62.2 Å². The smallest absolute Gasteiger partial charge is 0.339 e. The first-order valence-electron chi connectivity index (χ1n) is 7.67. The van der Waals surface area contributed by atoms with Crippen LogP contribution < -0.4 is 0 Å². The highest BCUT2D eigenvalue weighted by molar-refractivity contribution is 5.52. The van der Waals surface area contributed by atoms with E-state index < -0.39 is 77.6 Å². The molecule has 0 aliphatic heterocycles. The van der Waals surface area contributed by atoms with E-state index in [4.69, 9.17) is 10.2 Å². The Labute approximate surface area is 156 Å². The van der Waals surface area contributed by atoms with Gasteiger partial charge in [0.1, 0.15) is 6.10 Å². The van der Waals surface area contributed by atoms with Gasteiger partial charge >= 0.3 is 41.0 Å². The first kappa shape index (κ1) is 23.6. The van der Waals surface area contributed by atoms with E-state index in [2.05, 4.69) is 4.74 Å². The Morgan fingerprint density at radius 1 is 0.700 bits per heavy atom. The van der Waals surface area contributed by atoms with Gasteiger partial charge in [-0.1, -0.05) is 0 Å². The average molecular weight is 476 g/mol. The van der Waals surface area contributed by atoms with Crippen molar-refractivity contribution in [3.63, 3.8) is 0 Å². The minimum atomic E-state index is -7.62. The maximum Gasteiger partial charge on any atom is 0.339 e. The topological polar surface area (TPSA) is 69.9 Å². The molecule has 176 valence electrons. The molecular weight excluding hydrogens is 467 g/mol. The van der Waals surface area contributed by atoms with Gasteiger partial charge in [0, 0.05) is 0 Å². The number of aliphatic hydroxyl groups is 3. The van der Waals surface area contributed by atoms with Crippen molar-refractivity contribution in [2.24, 2.45) is 0 Å². The zero-order chi connectivity index (χ0) is 23.8. The van der Waals surface area contributed by atoms with Crippen LogP contribution in [0.1, 0.15) is 0 Å². The van der Waals surface area contributed by atoms with Gasteiger partial charge < -0.3 is 20.1 Å². The summed E-state index contributed by atoms with van der Waals surface area (Å²) in [6.45, 7) is -3.77. The largest absolute Gasteiger partial charge is 0.394 e. The molecule has 0 spiro atoms. The first-order chi connectivity index (χ1) is 13.1. The van der Waals surface area contributed by atoms with Crippen LogP contribution in [0.2, 0.25) is 0 Å². The molecule has 0 aromatic rings. The zero-order valence-electron chi connectivity index (χ0n) is 13.7. The summed E-state index contributed by atoms with van der Waals surface area (Å²) < 4.78 is 191. The molecule has 4 aliphatic rings. The van der Waals surface area contributed by atoms with Crippen molar-refractivity contribution in [3.8, 4) is 0 Å². The van der Waals surface area contributed by atoms with Gasteiger partial charge in [0.05, 0.1) is 13.2 Å². The summed E-state index contributed by atoms with van der Waals surface area (Å²) in [6.07, 6.45) is -8.05. The molecule has 4 nitrogen and oxygen atoms in total. The number of alkyl halides is 13. The molecule has 0 heterocycles. The molecule has 4 aliphatic carbocycles. The highest BCUT2D eigenvalue weighted by Gasteiger charge is 3.19. The van der Waals surface area contributed by atoms with Crippen molar-refractivity contribution in [2.45, 2.75) is 64.4 Å². The van der Waals surface area contributed by atoms with Crippen LogP contribution in [0.4, 0.5) is 57.1 Å². The second-order valence-electron chi connectivity index (χ2n) is 7.20. The van der Waals surface area contributed by atoms with Crippen molar-refractivity contribution in [1.29, 1.82) is 0 Å². The molecule has 4 atom stereocenters. The molecule has 17 heteroatoms. The molecule has 0 aromatic carbocycles. The van der Waals surface area contributed by atoms with Gasteiger partial charge in [0.2, 0.25) is 11.2 Å². The number of hydrogen-bond donors (Lipinski definition) is 3. The number of hydrogen-bond acceptors (Lipinski definition) is 4. The predicted molar refractivity (Wildman–Crippen MR) is 64.0 cm³/mol. The molecule has 0 aromatic heterocycles. The van der Waals surface area contributed by atoms with Crippen molar-refractivity contribution >= 4 is 0 Å². The Kier molecular flexibility index (Phi) is 4.15. The first-order valence-corrected chi connectivity index (χ1v) is 7.67. The van der Waals surface area contributed by atoms with E-state index in [0.29, 0.717) is 0 Å². The van der Waals surface area contributed by atoms with Gasteiger partial charge in [-0.05, 0) is 0 Å². The number of halogens is 13. The van der Waals surface area contributed by atoms with Crippen LogP contribution in [0, 0.1) is 0 Å². The summed E-state index contributed by atoms with van der Waals surface area (Å²) in [4.78, 5) is 0. The molecule has 30 heavy (non-hydrogen) atoms. The van der Waals surface area contributed by atoms with Gasteiger partial charge in [-0.2, -0.15) is 43.9 Å². The van der Waals surface area contributed by atoms with Crippen molar-refractivity contribution in [3.05, 3.63) is 0 Å². The third-order valence-corrected chi connectivity index (χ3v) is 5.92. The second kappa shape index (κ2) is 5.28. The van der Waals surface area contributed by atoms with E-state index in [-0.39, 0.29) is 0 Å². The zero-order valence-corrected chi connectivity index (χ0v) is 13.7. The maximum atomic E-state index is 14.7. The van der Waals surface area contributed by atoms with Crippen LogP contribution in [0.5, 0.6) is 0 Å². The minimum absolute atomic E-state index is 1.57. The molecule has 0 saturated heterocycles. The normalized spacial score (nSPS) is 49.8. The fraction of sp³-hybridized carbons (Fsp3) is 1.00. The molecule has 4 bridgehead atoms. The van der Waals surface area contributed by atoms with E-state index in [1.165, 1.54) is 0 Å². The molecule has 4 rings (SSSR count). The van der Waals surface area contributed by atoms with Gasteiger partial charge in [0.15, 0.2) is 6.17 Å². The third-order valence-electron chi connectivity index (χ3n) is 5.92. The second-order valence-corrected chi connectivity index (χ2v) is 7.20. The van der Waals surface area contributed by atoms with Gasteiger partial charge in [-0.25, -0.2) is 13.2 Å². The van der Waals surface area contributed by atoms with Crippen molar-refractivity contribution in [2.75, 3.05) is 13.2 Å². The number of aliphatic hydroxyl groups excluding tert-OH is 2. The van der Waals surface area contributed by atoms with Crippen molar-refractivity contribution < 1.29 is 77.1 Å². The molecule has 3 N–H and O–H groups in total. The molecule has 4 unspecified atom stereocenters. The fourth-order valence-corrected chi connectivity index (χ4v) is 4.32. The Balaban J connectivity index is 2.51. The van der Waals surface area contributed by atoms with Gasteiger partial charge in [-0.15, -0.1) is 0 Å². The fourth-order valence-electron chi connectivity index (χ4n) is 4.32. The van der Waals surface area contributed by atoms with E-state index in [0.717, 1.165) is 0 Å². The van der Waals surface area contributed by atoms with Gasteiger partial charge in [-0.3, -0.25) is 0 Å². The van der Waals surface area contributed by atoms with Crippen molar-refractivity contribution in [1.82, 2.24) is 0 Å². The van der Waals surface area contributed by atoms with Crippen LogP contribution in [0.3, 0.4) is 0 Å². The standard InChI is InChI=1S/C13H9F13O4/c14-4-5(29)9(17,18)7(15)11(21,22)6(4,30-2-3(28)1-27)12(23,24)8(16,10(5,19)20)13(7,25)26/h3-4,27-29H,1-2H2. The Morgan fingerprint density at radius 3 is 1.40 bits per heavy atom. The van der Waals surface area contributed by atoms with Crippen LogP contribution in [0.15, 0.2) is 0 Å². The Morgan fingerprint density at radius 2 is 1.07 bits per heavy atom. The van der Waals surface area contributed by atoms with Gasteiger partial charge in [0.25, 0.3) is 0 Å². The van der Waals surface area contributed by atoms with Crippen LogP contribution in [-0.4, -0.2) is 93.0 Å². The Hall–Kier alpha value is -1.07. The summed E-state index contributed by atoms with van der Waals surface area (Å²) in [6, 6.07) is 0. The predicted octanol–water partition coefficient (Wildman–Crippen LogP) is 1.80. The van der Waals surface area contributed by atoms with E-state index >= 15 is 0 Å². The Bertz CT molecular complexity index is 728. The summed E-state index contributed by atoms with van der Waals surface area (Å²) in [5.41, 5.74) is -27.4. The van der Waals surface area contributed by atoms with Crippen LogP contribution in [-0.2, 0) is 4.74 Å². The molecular formula is C13H9F13O4. The SMILES string of the molecule is OCC(O)COC12C(F)C3(O)C(F)(F)C(F)(C1(F)F)C(F)(F)C(F)(C3(F)F)C2(F)F. The lowest BCUT2D eigenvalue weighted by molar-refractivity contribution is -0.599. The maximum absolute atomic E-state index is 14.7. The van der Waals surface area contributed by atoms with Crippen LogP contribution >= 0.6 is 0 Å². The average Bonchev–Trinajstić information content (AvgIpc) is 2.61. The summed E-state index contributed by atoms with van der Waals surface area (Å²) >= 11 is 0. The summed E-state index contributed by atoms with van der Waals surface area (Å²) in [5.74, 6) is -36.5. The summed E-state index contributed by atoms with van der Waals surface area (Å²) in [7, 11) is 0. The quantitative estimate of drug-likeness (QED) is 0.542. The van der Waals surface area contributed by atoms with Crippen LogP contribution in [0.25, 0.3) is 0 Å². The molecule has 4 saturated carbocycles. The lowest BCUT2D eigenvalue weighted by Crippen LogP contribution is -3.08. The lowest BCUT2D eigenvalue weighted by Gasteiger charge is -2.74.